The number of hydrogen-bond acceptors (Lipinski definition) is 5. The molecule has 7 heteroatoms. The molecule has 21 heavy (non-hydrogen) atoms. The fraction of sp³-hybridized carbons (Fsp3) is 0.571. The maximum Gasteiger partial charge on any atom is 0.244 e. The van der Waals surface area contributed by atoms with Crippen LogP contribution < -0.4 is 9.46 Å². The lowest BCUT2D eigenvalue weighted by Gasteiger charge is -2.21. The molecule has 5 nitrogen and oxygen atoms in total. The van der Waals surface area contributed by atoms with E-state index in [-0.39, 0.29) is 17.3 Å². The van der Waals surface area contributed by atoms with Crippen molar-refractivity contribution in [1.29, 1.82) is 0 Å². The number of nitrogens with one attached hydrogen (secondary N) is 1. The lowest BCUT2D eigenvalue weighted by atomic mass is 10.0. The summed E-state index contributed by atoms with van der Waals surface area (Å²) in [4.78, 5) is 0.118. The Hall–Kier alpha value is -0.760. The molecule has 0 atom stereocenters. The van der Waals surface area contributed by atoms with Crippen LogP contribution in [-0.2, 0) is 16.6 Å². The number of aliphatic hydroxyl groups is 1. The molecule has 0 aliphatic carbocycles. The number of thioether (sulfide) groups is 1. The quantitative estimate of drug-likeness (QED) is 0.828. The summed E-state index contributed by atoms with van der Waals surface area (Å²) < 4.78 is 32.6. The van der Waals surface area contributed by atoms with E-state index in [2.05, 4.69) is 4.72 Å². The second-order valence-electron chi connectivity index (χ2n) is 5.05. The molecular weight excluding hydrogens is 310 g/mol. The van der Waals surface area contributed by atoms with E-state index in [1.54, 1.807) is 12.1 Å². The molecule has 0 radical (unpaired) electrons. The lowest BCUT2D eigenvalue weighted by Crippen LogP contribution is -2.31. The maximum atomic E-state index is 12.4. The van der Waals surface area contributed by atoms with Crippen LogP contribution in [0.4, 0.5) is 0 Å². The van der Waals surface area contributed by atoms with E-state index in [9.17, 15) is 8.42 Å². The molecule has 1 fully saturated rings. The molecule has 0 aromatic heterocycles. The molecule has 1 aliphatic rings. The van der Waals surface area contributed by atoms with E-state index in [1.165, 1.54) is 13.2 Å². The number of methoxy groups -OCH3 is 1. The van der Waals surface area contributed by atoms with Crippen LogP contribution in [0.2, 0.25) is 0 Å². The van der Waals surface area contributed by atoms with E-state index >= 15 is 0 Å². The first kappa shape index (κ1) is 16.6. The van der Waals surface area contributed by atoms with Crippen LogP contribution in [0.3, 0.4) is 0 Å². The largest absolute Gasteiger partial charge is 0.495 e. The third-order valence-electron chi connectivity index (χ3n) is 3.60. The van der Waals surface area contributed by atoms with Crippen molar-refractivity contribution in [3.05, 3.63) is 23.8 Å². The first-order valence-electron chi connectivity index (χ1n) is 6.92. The summed E-state index contributed by atoms with van der Waals surface area (Å²) in [6.07, 6.45) is 2.10. The smallest absolute Gasteiger partial charge is 0.244 e. The second-order valence-corrected chi connectivity index (χ2v) is 8.01. The first-order valence-corrected chi connectivity index (χ1v) is 9.56. The van der Waals surface area contributed by atoms with Gasteiger partial charge in [-0.1, -0.05) is 6.07 Å². The van der Waals surface area contributed by atoms with Crippen LogP contribution in [-0.4, -0.2) is 38.7 Å². The van der Waals surface area contributed by atoms with Crippen molar-refractivity contribution in [2.45, 2.75) is 24.3 Å². The minimum atomic E-state index is -3.59. The van der Waals surface area contributed by atoms with Gasteiger partial charge < -0.3 is 9.84 Å². The van der Waals surface area contributed by atoms with Crippen molar-refractivity contribution in [2.75, 3.05) is 25.2 Å². The van der Waals surface area contributed by atoms with Gasteiger partial charge in [-0.3, -0.25) is 0 Å². The van der Waals surface area contributed by atoms with Crippen molar-refractivity contribution < 1.29 is 18.3 Å². The van der Waals surface area contributed by atoms with Gasteiger partial charge in [-0.25, -0.2) is 13.1 Å². The van der Waals surface area contributed by atoms with Gasteiger partial charge in [-0.05, 0) is 48.0 Å². The highest BCUT2D eigenvalue weighted by Gasteiger charge is 2.22. The Kier molecular flexibility index (Phi) is 5.92. The Morgan fingerprint density at radius 2 is 2.10 bits per heavy atom. The van der Waals surface area contributed by atoms with Crippen molar-refractivity contribution in [1.82, 2.24) is 4.72 Å². The highest BCUT2D eigenvalue weighted by Crippen LogP contribution is 2.26. The fourth-order valence-electron chi connectivity index (χ4n) is 2.29. The van der Waals surface area contributed by atoms with Gasteiger partial charge in [0, 0.05) is 6.54 Å². The predicted octanol–water partition coefficient (Wildman–Crippen LogP) is 1.61. The van der Waals surface area contributed by atoms with Crippen molar-refractivity contribution in [3.63, 3.8) is 0 Å². The average Bonchev–Trinajstić information content (AvgIpc) is 2.53. The van der Waals surface area contributed by atoms with Gasteiger partial charge in [0.2, 0.25) is 10.0 Å². The van der Waals surface area contributed by atoms with Crippen molar-refractivity contribution in [3.8, 4) is 5.75 Å². The van der Waals surface area contributed by atoms with Crippen LogP contribution in [0.1, 0.15) is 18.4 Å². The molecule has 1 aromatic rings. The molecule has 0 spiro atoms. The van der Waals surface area contributed by atoms with Gasteiger partial charge in [-0.15, -0.1) is 0 Å². The molecule has 1 saturated heterocycles. The lowest BCUT2D eigenvalue weighted by molar-refractivity contribution is 0.280. The normalized spacial score (nSPS) is 16.9. The van der Waals surface area contributed by atoms with Gasteiger partial charge in [0.15, 0.2) is 0 Å². The summed E-state index contributed by atoms with van der Waals surface area (Å²) in [7, 11) is -2.17. The first-order chi connectivity index (χ1) is 10.1. The topological polar surface area (TPSA) is 75.6 Å². The molecule has 0 unspecified atom stereocenters. The van der Waals surface area contributed by atoms with Crippen molar-refractivity contribution in [2.24, 2.45) is 5.92 Å². The number of sulfonamides is 1. The summed E-state index contributed by atoms with van der Waals surface area (Å²) in [5, 5.41) is 9.10. The van der Waals surface area contributed by atoms with Gasteiger partial charge in [0.25, 0.3) is 0 Å². The van der Waals surface area contributed by atoms with Crippen LogP contribution in [0, 0.1) is 5.92 Å². The van der Waals surface area contributed by atoms with E-state index in [4.69, 9.17) is 9.84 Å². The number of ether oxygens (including phenoxy) is 1. The highest BCUT2D eigenvalue weighted by molar-refractivity contribution is 7.99. The van der Waals surface area contributed by atoms with E-state index in [0.717, 1.165) is 24.3 Å². The average molecular weight is 331 g/mol. The second kappa shape index (κ2) is 7.49. The summed E-state index contributed by atoms with van der Waals surface area (Å²) >= 11 is 1.92. The molecule has 0 bridgehead atoms. The van der Waals surface area contributed by atoms with Crippen LogP contribution in [0.25, 0.3) is 0 Å². The molecule has 1 aromatic carbocycles. The Morgan fingerprint density at radius 1 is 1.38 bits per heavy atom. The third-order valence-corrected chi connectivity index (χ3v) is 6.11. The monoisotopic (exact) mass is 331 g/mol. The Balaban J connectivity index is 2.11. The van der Waals surface area contributed by atoms with Crippen LogP contribution >= 0.6 is 11.8 Å². The zero-order chi connectivity index (χ0) is 15.3. The molecule has 2 N–H and O–H groups in total. The minimum absolute atomic E-state index is 0.118. The van der Waals surface area contributed by atoms with E-state index in [0.29, 0.717) is 18.0 Å². The Bertz CT molecular complexity index is 568. The molecule has 1 aliphatic heterocycles. The van der Waals surface area contributed by atoms with Crippen LogP contribution in [0.15, 0.2) is 23.1 Å². The Morgan fingerprint density at radius 3 is 2.71 bits per heavy atom. The standard InChI is InChI=1S/C14H21NO4S2/c1-19-13-8-12(10-16)2-3-14(13)21(17,18)15-9-11-4-6-20-7-5-11/h2-3,8,11,15-16H,4-7,9-10H2,1H3. The van der Waals surface area contributed by atoms with Crippen LogP contribution in [0.5, 0.6) is 5.75 Å². The molecule has 0 amide bonds. The van der Waals surface area contributed by atoms with E-state index < -0.39 is 10.0 Å². The summed E-state index contributed by atoms with van der Waals surface area (Å²) in [6.45, 7) is 0.317. The molecule has 2 rings (SSSR count). The van der Waals surface area contributed by atoms with Gasteiger partial charge in [-0.2, -0.15) is 11.8 Å². The summed E-state index contributed by atoms with van der Waals surface area (Å²) in [5.74, 6) is 2.86. The van der Waals surface area contributed by atoms with Gasteiger partial charge in [0.1, 0.15) is 10.6 Å². The van der Waals surface area contributed by atoms with Gasteiger partial charge in [0.05, 0.1) is 13.7 Å². The highest BCUT2D eigenvalue weighted by atomic mass is 32.2. The number of hydrogen-bond donors (Lipinski definition) is 2. The fourth-order valence-corrected chi connectivity index (χ4v) is 4.76. The zero-order valence-electron chi connectivity index (χ0n) is 12.0. The summed E-state index contributed by atoms with van der Waals surface area (Å²) in [5.41, 5.74) is 0.620. The van der Waals surface area contributed by atoms with E-state index in [1.807, 2.05) is 11.8 Å². The number of aliphatic hydroxyl groups excluding tert-OH is 1. The number of benzene rings is 1. The molecular formula is C14H21NO4S2. The van der Waals surface area contributed by atoms with Gasteiger partial charge >= 0.3 is 0 Å². The molecule has 0 saturated carbocycles. The molecule has 118 valence electrons. The number of rotatable bonds is 6. The maximum absolute atomic E-state index is 12.4. The SMILES string of the molecule is COc1cc(CO)ccc1S(=O)(=O)NCC1CCSCC1. The Labute approximate surface area is 130 Å². The van der Waals surface area contributed by atoms with Crippen molar-refractivity contribution >= 4 is 21.8 Å². The predicted molar refractivity (Wildman–Crippen MR) is 84.2 cm³/mol. The third kappa shape index (κ3) is 4.35. The minimum Gasteiger partial charge on any atom is -0.495 e. The molecule has 1 heterocycles. The zero-order valence-corrected chi connectivity index (χ0v) is 13.7. The summed E-state index contributed by atoms with van der Waals surface area (Å²) in [6, 6.07) is 4.61.